The van der Waals surface area contributed by atoms with Crippen LogP contribution in [0.4, 0.5) is 8.78 Å². The molecule has 5 heteroatoms. The summed E-state index contributed by atoms with van der Waals surface area (Å²) >= 11 is 0. The molecule has 1 aliphatic rings. The van der Waals surface area contributed by atoms with E-state index in [1.807, 2.05) is 7.05 Å². The number of piperidine rings is 1. The van der Waals surface area contributed by atoms with Crippen LogP contribution in [0.5, 0.6) is 0 Å². The number of rotatable bonds is 5. The Morgan fingerprint density at radius 3 is 2.90 bits per heavy atom. The summed E-state index contributed by atoms with van der Waals surface area (Å²) in [6, 6.07) is 4.16. The van der Waals surface area contributed by atoms with E-state index >= 15 is 0 Å². The van der Waals surface area contributed by atoms with Gasteiger partial charge in [-0.3, -0.25) is 4.79 Å². The van der Waals surface area contributed by atoms with Crippen LogP contribution in [0, 0.1) is 11.6 Å². The predicted molar refractivity (Wildman–Crippen MR) is 78.5 cm³/mol. The zero-order valence-electron chi connectivity index (χ0n) is 12.6. The maximum absolute atomic E-state index is 13.6. The molecule has 3 nitrogen and oxygen atoms in total. The summed E-state index contributed by atoms with van der Waals surface area (Å²) in [5, 5.41) is 0. The van der Waals surface area contributed by atoms with Crippen molar-refractivity contribution in [1.82, 2.24) is 9.80 Å². The number of Topliss-reactive ketones (excluding diaryl/α,β-unsaturated/α-hetero) is 1. The van der Waals surface area contributed by atoms with Gasteiger partial charge in [-0.15, -0.1) is 0 Å². The Hall–Kier alpha value is -1.33. The highest BCUT2D eigenvalue weighted by Gasteiger charge is 2.22. The van der Waals surface area contributed by atoms with Crippen LogP contribution in [0.2, 0.25) is 0 Å². The zero-order chi connectivity index (χ0) is 15.4. The molecule has 1 heterocycles. The van der Waals surface area contributed by atoms with E-state index in [2.05, 4.69) is 16.8 Å². The molecular formula is C16H22F2N2O. The minimum absolute atomic E-state index is 0.149. The molecule has 1 saturated heterocycles. The number of carbonyl (C=O) groups is 1. The van der Waals surface area contributed by atoms with Crippen LogP contribution in [0.1, 0.15) is 29.6 Å². The van der Waals surface area contributed by atoms with Crippen LogP contribution >= 0.6 is 0 Å². The monoisotopic (exact) mass is 296 g/mol. The number of benzene rings is 1. The second-order valence-corrected chi connectivity index (χ2v) is 5.81. The molecule has 0 spiro atoms. The number of nitrogens with zero attached hydrogens (tertiary/aromatic N) is 2. The number of halogens is 2. The molecule has 1 aromatic rings. The molecule has 0 saturated carbocycles. The van der Waals surface area contributed by atoms with Gasteiger partial charge in [0.2, 0.25) is 0 Å². The van der Waals surface area contributed by atoms with Crippen molar-refractivity contribution in [2.45, 2.75) is 25.3 Å². The molecular weight excluding hydrogens is 274 g/mol. The largest absolute Gasteiger partial charge is 0.305 e. The first-order valence-corrected chi connectivity index (χ1v) is 7.35. The SMILES string of the molecule is CN1CCCC(N(C)CCC(=O)c2cccc(F)c2F)C1. The summed E-state index contributed by atoms with van der Waals surface area (Å²) in [5.74, 6) is -2.35. The minimum Gasteiger partial charge on any atom is -0.305 e. The second kappa shape index (κ2) is 7.09. The van der Waals surface area contributed by atoms with Crippen LogP contribution < -0.4 is 0 Å². The van der Waals surface area contributed by atoms with Crippen molar-refractivity contribution >= 4 is 5.78 Å². The van der Waals surface area contributed by atoms with Gasteiger partial charge in [-0.1, -0.05) is 6.07 Å². The lowest BCUT2D eigenvalue weighted by molar-refractivity contribution is 0.0927. The molecule has 2 rings (SSSR count). The lowest BCUT2D eigenvalue weighted by Crippen LogP contribution is -2.45. The predicted octanol–water partition coefficient (Wildman–Crippen LogP) is 2.56. The van der Waals surface area contributed by atoms with Gasteiger partial charge in [0.25, 0.3) is 0 Å². The van der Waals surface area contributed by atoms with Gasteiger partial charge in [-0.25, -0.2) is 8.78 Å². The molecule has 0 aliphatic carbocycles. The summed E-state index contributed by atoms with van der Waals surface area (Å²) in [5.41, 5.74) is -0.149. The average molecular weight is 296 g/mol. The Morgan fingerprint density at radius 1 is 1.43 bits per heavy atom. The van der Waals surface area contributed by atoms with Crippen LogP contribution in [-0.2, 0) is 0 Å². The van der Waals surface area contributed by atoms with Crippen molar-refractivity contribution in [2.75, 3.05) is 33.7 Å². The van der Waals surface area contributed by atoms with Gasteiger partial charge in [0.05, 0.1) is 5.56 Å². The third-order valence-electron chi connectivity index (χ3n) is 4.17. The van der Waals surface area contributed by atoms with Crippen LogP contribution in [0.15, 0.2) is 18.2 Å². The fraction of sp³-hybridized carbons (Fsp3) is 0.562. The minimum atomic E-state index is -1.04. The summed E-state index contributed by atoms with van der Waals surface area (Å²) in [6.07, 6.45) is 2.47. The van der Waals surface area contributed by atoms with Crippen LogP contribution in [0.25, 0.3) is 0 Å². The van der Waals surface area contributed by atoms with E-state index in [9.17, 15) is 13.6 Å². The average Bonchev–Trinajstić information content (AvgIpc) is 2.47. The number of hydrogen-bond acceptors (Lipinski definition) is 3. The first-order valence-electron chi connectivity index (χ1n) is 7.35. The quantitative estimate of drug-likeness (QED) is 0.780. The van der Waals surface area contributed by atoms with E-state index in [1.165, 1.54) is 12.1 Å². The Balaban J connectivity index is 1.90. The third kappa shape index (κ3) is 4.08. The van der Waals surface area contributed by atoms with Crippen molar-refractivity contribution in [2.24, 2.45) is 0 Å². The first kappa shape index (κ1) is 16.0. The third-order valence-corrected chi connectivity index (χ3v) is 4.17. The number of likely N-dealkylation sites (N-methyl/N-ethyl adjacent to an activating group) is 2. The molecule has 0 amide bonds. The van der Waals surface area contributed by atoms with Gasteiger partial charge in [0.1, 0.15) is 0 Å². The van der Waals surface area contributed by atoms with Gasteiger partial charge in [0.15, 0.2) is 17.4 Å². The molecule has 1 atom stereocenters. The van der Waals surface area contributed by atoms with E-state index in [0.29, 0.717) is 12.6 Å². The zero-order valence-corrected chi connectivity index (χ0v) is 12.6. The van der Waals surface area contributed by atoms with Crippen molar-refractivity contribution in [3.05, 3.63) is 35.4 Å². The van der Waals surface area contributed by atoms with Crippen molar-refractivity contribution < 1.29 is 13.6 Å². The fourth-order valence-electron chi connectivity index (χ4n) is 2.81. The molecule has 1 unspecified atom stereocenters. The summed E-state index contributed by atoms with van der Waals surface area (Å²) in [6.45, 7) is 2.66. The molecule has 1 aromatic carbocycles. The lowest BCUT2D eigenvalue weighted by Gasteiger charge is -2.35. The summed E-state index contributed by atoms with van der Waals surface area (Å²) < 4.78 is 26.7. The van der Waals surface area contributed by atoms with Crippen LogP contribution in [-0.4, -0.2) is 55.4 Å². The Morgan fingerprint density at radius 2 is 2.19 bits per heavy atom. The summed E-state index contributed by atoms with van der Waals surface area (Å²) in [7, 11) is 4.08. The normalized spacial score (nSPS) is 20.0. The van der Waals surface area contributed by atoms with E-state index in [1.54, 1.807) is 0 Å². The second-order valence-electron chi connectivity index (χ2n) is 5.81. The van der Waals surface area contributed by atoms with Gasteiger partial charge < -0.3 is 9.80 Å². The standard InChI is InChI=1S/C16H22F2N2O/c1-19-9-4-5-12(11-19)20(2)10-8-15(21)13-6-3-7-14(17)16(13)18/h3,6-7,12H,4-5,8-11H2,1-2H3. The van der Waals surface area contributed by atoms with E-state index < -0.39 is 11.6 Å². The summed E-state index contributed by atoms with van der Waals surface area (Å²) in [4.78, 5) is 16.4. The topological polar surface area (TPSA) is 23.6 Å². The maximum Gasteiger partial charge on any atom is 0.169 e. The number of hydrogen-bond donors (Lipinski definition) is 0. The molecule has 0 bridgehead atoms. The molecule has 1 aliphatic heterocycles. The van der Waals surface area contributed by atoms with Crippen molar-refractivity contribution in [1.29, 1.82) is 0 Å². The molecule has 21 heavy (non-hydrogen) atoms. The van der Waals surface area contributed by atoms with E-state index in [0.717, 1.165) is 32.0 Å². The highest BCUT2D eigenvalue weighted by atomic mass is 19.2. The maximum atomic E-state index is 13.6. The number of ketones is 1. The molecule has 0 aromatic heterocycles. The Labute approximate surface area is 124 Å². The lowest BCUT2D eigenvalue weighted by atomic mass is 10.0. The van der Waals surface area contributed by atoms with E-state index in [-0.39, 0.29) is 17.8 Å². The van der Waals surface area contributed by atoms with Gasteiger partial charge in [-0.2, -0.15) is 0 Å². The van der Waals surface area contributed by atoms with Crippen LogP contribution in [0.3, 0.4) is 0 Å². The Bertz CT molecular complexity index is 507. The smallest absolute Gasteiger partial charge is 0.169 e. The fourth-order valence-corrected chi connectivity index (χ4v) is 2.81. The van der Waals surface area contributed by atoms with Crippen molar-refractivity contribution in [3.8, 4) is 0 Å². The molecule has 116 valence electrons. The van der Waals surface area contributed by atoms with Crippen molar-refractivity contribution in [3.63, 3.8) is 0 Å². The first-order chi connectivity index (χ1) is 9.99. The molecule has 1 fully saturated rings. The van der Waals surface area contributed by atoms with E-state index in [4.69, 9.17) is 0 Å². The molecule has 0 N–H and O–H groups in total. The van der Waals surface area contributed by atoms with Gasteiger partial charge in [0, 0.05) is 25.6 Å². The Kier molecular flexibility index (Phi) is 5.42. The van der Waals surface area contributed by atoms with Gasteiger partial charge >= 0.3 is 0 Å². The highest BCUT2D eigenvalue weighted by Crippen LogP contribution is 2.16. The highest BCUT2D eigenvalue weighted by molar-refractivity contribution is 5.96. The van der Waals surface area contributed by atoms with Gasteiger partial charge in [-0.05, 0) is 45.6 Å². The number of likely N-dealkylation sites (tertiary alicyclic amines) is 1. The molecule has 0 radical (unpaired) electrons. The number of carbonyl (C=O) groups excluding carboxylic acids is 1.